The van der Waals surface area contributed by atoms with Gasteiger partial charge >= 0.3 is 0 Å². The van der Waals surface area contributed by atoms with E-state index in [-0.39, 0.29) is 36.6 Å². The molecule has 0 aliphatic carbocycles. The Morgan fingerprint density at radius 2 is 1.81 bits per heavy atom. The van der Waals surface area contributed by atoms with Gasteiger partial charge in [0.2, 0.25) is 0 Å². The van der Waals surface area contributed by atoms with Crippen LogP contribution in [0, 0.1) is 0 Å². The summed E-state index contributed by atoms with van der Waals surface area (Å²) in [6.45, 7) is 8.25. The molecule has 0 bridgehead atoms. The second-order valence-corrected chi connectivity index (χ2v) is 5.96. The van der Waals surface area contributed by atoms with Crippen LogP contribution in [0.4, 0.5) is 0 Å². The first-order valence-electron chi connectivity index (χ1n) is 8.35. The Morgan fingerprint density at radius 1 is 1.12 bits per heavy atom. The smallest absolute Gasteiger partial charge is 0.124 e. The summed E-state index contributed by atoms with van der Waals surface area (Å²) < 4.78 is 5.78. The predicted octanol–water partition coefficient (Wildman–Crippen LogP) is 3.95. The molecule has 0 radical (unpaired) electrons. The molecule has 4 nitrogen and oxygen atoms in total. The molecule has 1 aliphatic heterocycles. The van der Waals surface area contributed by atoms with Crippen molar-refractivity contribution in [3.05, 3.63) is 72.3 Å². The number of nitrogens with one attached hydrogen (secondary N) is 1. The highest BCUT2D eigenvalue weighted by atomic mass is 35.5. The fourth-order valence-electron chi connectivity index (χ4n) is 3.04. The number of hydrogen-bond acceptors (Lipinski definition) is 4. The Kier molecular flexibility index (Phi) is 9.52. The van der Waals surface area contributed by atoms with E-state index in [0.29, 0.717) is 12.4 Å². The lowest BCUT2D eigenvalue weighted by molar-refractivity contribution is 0.200. The third-order valence-corrected chi connectivity index (χ3v) is 4.34. The molecule has 2 aromatic rings. The summed E-state index contributed by atoms with van der Waals surface area (Å²) in [6, 6.07) is 15.6. The van der Waals surface area contributed by atoms with E-state index >= 15 is 0 Å². The minimum Gasteiger partial charge on any atom is -0.507 e. The summed E-state index contributed by atoms with van der Waals surface area (Å²) in [6.07, 6.45) is 1.89. The van der Waals surface area contributed by atoms with Crippen LogP contribution in [0.2, 0.25) is 0 Å². The lowest BCUT2D eigenvalue weighted by Gasteiger charge is -2.33. The molecule has 1 saturated heterocycles. The summed E-state index contributed by atoms with van der Waals surface area (Å²) >= 11 is 0. The molecule has 26 heavy (non-hydrogen) atoms. The van der Waals surface area contributed by atoms with Crippen molar-refractivity contribution in [3.8, 4) is 11.5 Å². The first-order chi connectivity index (χ1) is 11.8. The lowest BCUT2D eigenvalue weighted by atomic mass is 10.0. The molecule has 142 valence electrons. The quantitative estimate of drug-likeness (QED) is 0.725. The second-order valence-electron chi connectivity index (χ2n) is 5.96. The Balaban J connectivity index is 0.00000169. The van der Waals surface area contributed by atoms with Crippen molar-refractivity contribution >= 4 is 24.8 Å². The first kappa shape index (κ1) is 22.3. The number of nitrogens with zero attached hydrogens (tertiary/aromatic N) is 1. The van der Waals surface area contributed by atoms with Crippen LogP contribution in [0.1, 0.15) is 17.2 Å². The third kappa shape index (κ3) is 5.64. The van der Waals surface area contributed by atoms with Crippen molar-refractivity contribution in [1.82, 2.24) is 10.2 Å². The molecule has 0 spiro atoms. The van der Waals surface area contributed by atoms with Gasteiger partial charge < -0.3 is 15.2 Å². The summed E-state index contributed by atoms with van der Waals surface area (Å²) in [5.74, 6) is 0.923. The van der Waals surface area contributed by atoms with Crippen LogP contribution < -0.4 is 10.1 Å². The molecule has 2 N–H and O–H groups in total. The van der Waals surface area contributed by atoms with E-state index in [9.17, 15) is 5.11 Å². The fraction of sp³-hybridized carbons (Fsp3) is 0.300. The van der Waals surface area contributed by atoms with E-state index < -0.39 is 0 Å². The molecule has 2 aromatic carbocycles. The number of phenols is 1. The minimum absolute atomic E-state index is 0. The zero-order valence-electron chi connectivity index (χ0n) is 14.6. The van der Waals surface area contributed by atoms with Gasteiger partial charge in [0.05, 0.1) is 6.04 Å². The van der Waals surface area contributed by atoms with Crippen LogP contribution in [-0.2, 0) is 6.61 Å². The standard InChI is InChI=1S/C20H24N2O2.2ClH/c1-2-19(22-12-10-21-11-13-22)18-9-8-17(14-20(18)23)24-15-16-6-4-3-5-7-16;;/h2-9,14,19,21,23H,1,10-13,15H2;2*1H/t19-;;/m1../s1. The average molecular weight is 397 g/mol. The van der Waals surface area contributed by atoms with Gasteiger partial charge in [-0.15, -0.1) is 31.4 Å². The minimum atomic E-state index is 0. The van der Waals surface area contributed by atoms with Gasteiger partial charge in [-0.3, -0.25) is 4.90 Å². The van der Waals surface area contributed by atoms with Crippen molar-refractivity contribution < 1.29 is 9.84 Å². The molecular formula is C20H26Cl2N2O2. The largest absolute Gasteiger partial charge is 0.507 e. The van der Waals surface area contributed by atoms with E-state index in [1.807, 2.05) is 48.5 Å². The third-order valence-electron chi connectivity index (χ3n) is 4.34. The molecule has 1 fully saturated rings. The molecule has 0 saturated carbocycles. The van der Waals surface area contributed by atoms with Gasteiger partial charge in [-0.1, -0.05) is 36.4 Å². The average Bonchev–Trinajstić information content (AvgIpc) is 2.64. The van der Waals surface area contributed by atoms with E-state index in [4.69, 9.17) is 4.74 Å². The van der Waals surface area contributed by atoms with Crippen molar-refractivity contribution in [2.75, 3.05) is 26.2 Å². The predicted molar refractivity (Wildman–Crippen MR) is 111 cm³/mol. The van der Waals surface area contributed by atoms with Gasteiger partial charge in [0, 0.05) is 37.8 Å². The van der Waals surface area contributed by atoms with Gasteiger partial charge in [-0.05, 0) is 17.7 Å². The maximum Gasteiger partial charge on any atom is 0.124 e. The van der Waals surface area contributed by atoms with Crippen molar-refractivity contribution in [2.24, 2.45) is 0 Å². The van der Waals surface area contributed by atoms with Gasteiger partial charge in [0.25, 0.3) is 0 Å². The van der Waals surface area contributed by atoms with Crippen molar-refractivity contribution in [1.29, 1.82) is 0 Å². The normalized spacial score (nSPS) is 15.2. The van der Waals surface area contributed by atoms with Crippen LogP contribution >= 0.6 is 24.8 Å². The molecule has 3 rings (SSSR count). The Bertz CT molecular complexity index is 677. The molecule has 0 aromatic heterocycles. The van der Waals surface area contributed by atoms with Crippen LogP contribution in [-0.4, -0.2) is 36.2 Å². The Hall–Kier alpha value is -1.72. The number of benzene rings is 2. The molecular weight excluding hydrogens is 371 g/mol. The van der Waals surface area contributed by atoms with Gasteiger partial charge in [-0.25, -0.2) is 0 Å². The first-order valence-corrected chi connectivity index (χ1v) is 8.35. The van der Waals surface area contributed by atoms with Crippen LogP contribution in [0.3, 0.4) is 0 Å². The summed E-state index contributed by atoms with van der Waals surface area (Å²) in [7, 11) is 0. The lowest BCUT2D eigenvalue weighted by Crippen LogP contribution is -2.44. The summed E-state index contributed by atoms with van der Waals surface area (Å²) in [4.78, 5) is 2.32. The molecule has 0 unspecified atom stereocenters. The molecule has 6 heteroatoms. The zero-order chi connectivity index (χ0) is 16.8. The number of rotatable bonds is 6. The topological polar surface area (TPSA) is 44.7 Å². The number of phenolic OH excluding ortho intramolecular Hbond substituents is 1. The van der Waals surface area contributed by atoms with E-state index in [2.05, 4.69) is 16.8 Å². The Labute approximate surface area is 167 Å². The number of piperazine rings is 1. The second kappa shape index (κ2) is 11.1. The van der Waals surface area contributed by atoms with Gasteiger partial charge in [-0.2, -0.15) is 0 Å². The van der Waals surface area contributed by atoms with Crippen molar-refractivity contribution in [2.45, 2.75) is 12.6 Å². The highest BCUT2D eigenvalue weighted by Crippen LogP contribution is 2.33. The number of ether oxygens (including phenoxy) is 1. The van der Waals surface area contributed by atoms with E-state index in [1.54, 1.807) is 6.07 Å². The monoisotopic (exact) mass is 396 g/mol. The maximum absolute atomic E-state index is 10.5. The van der Waals surface area contributed by atoms with E-state index in [0.717, 1.165) is 37.3 Å². The van der Waals surface area contributed by atoms with E-state index in [1.165, 1.54) is 0 Å². The number of hydrogen-bond donors (Lipinski definition) is 2. The van der Waals surface area contributed by atoms with Gasteiger partial charge in [0.1, 0.15) is 18.1 Å². The number of aromatic hydroxyl groups is 1. The number of halogens is 2. The highest BCUT2D eigenvalue weighted by molar-refractivity contribution is 5.85. The zero-order valence-corrected chi connectivity index (χ0v) is 16.3. The molecule has 1 heterocycles. The van der Waals surface area contributed by atoms with Crippen LogP contribution in [0.5, 0.6) is 11.5 Å². The van der Waals surface area contributed by atoms with Crippen LogP contribution in [0.25, 0.3) is 0 Å². The van der Waals surface area contributed by atoms with Crippen LogP contribution in [0.15, 0.2) is 61.2 Å². The SMILES string of the molecule is C=C[C@H](c1ccc(OCc2ccccc2)cc1O)N1CCNCC1.Cl.Cl. The fourth-order valence-corrected chi connectivity index (χ4v) is 3.04. The van der Waals surface area contributed by atoms with Crippen molar-refractivity contribution in [3.63, 3.8) is 0 Å². The molecule has 1 atom stereocenters. The Morgan fingerprint density at radius 3 is 2.42 bits per heavy atom. The molecule has 1 aliphatic rings. The highest BCUT2D eigenvalue weighted by Gasteiger charge is 2.22. The van der Waals surface area contributed by atoms with Gasteiger partial charge in [0.15, 0.2) is 0 Å². The summed E-state index contributed by atoms with van der Waals surface area (Å²) in [5, 5.41) is 13.8. The maximum atomic E-state index is 10.5. The summed E-state index contributed by atoms with van der Waals surface area (Å²) in [5.41, 5.74) is 1.98. The molecule has 0 amide bonds.